The number of carbonyl (C=O) groups excluding carboxylic acids is 1. The van der Waals surface area contributed by atoms with Gasteiger partial charge in [0.2, 0.25) is 0 Å². The van der Waals surface area contributed by atoms with Gasteiger partial charge in [0.1, 0.15) is 13.2 Å². The highest BCUT2D eigenvalue weighted by Crippen LogP contribution is 2.39. The summed E-state index contributed by atoms with van der Waals surface area (Å²) in [7, 11) is 0. The number of ether oxygens (including phenoxy) is 2. The summed E-state index contributed by atoms with van der Waals surface area (Å²) in [6.07, 6.45) is 0. The van der Waals surface area contributed by atoms with Crippen molar-refractivity contribution in [2.24, 2.45) is 0 Å². The van der Waals surface area contributed by atoms with Crippen LogP contribution in [0.4, 0.5) is 0 Å². The molecule has 3 nitrogen and oxygen atoms in total. The van der Waals surface area contributed by atoms with Crippen LogP contribution in [-0.2, 0) is 0 Å². The van der Waals surface area contributed by atoms with Gasteiger partial charge in [-0.1, -0.05) is 29.4 Å². The van der Waals surface area contributed by atoms with Gasteiger partial charge in [-0.15, -0.1) is 0 Å². The molecule has 0 bridgehead atoms. The molecule has 0 spiro atoms. The van der Waals surface area contributed by atoms with Gasteiger partial charge >= 0.3 is 0 Å². The molecule has 0 saturated heterocycles. The first-order chi connectivity index (χ1) is 10.1. The van der Waals surface area contributed by atoms with E-state index >= 15 is 0 Å². The van der Waals surface area contributed by atoms with Crippen molar-refractivity contribution in [1.29, 1.82) is 0 Å². The zero-order chi connectivity index (χ0) is 14.8. The molecule has 1 heterocycles. The molecule has 21 heavy (non-hydrogen) atoms. The number of benzene rings is 2. The molecule has 0 atom stereocenters. The number of carbonyl (C=O) groups is 1. The fourth-order valence-corrected chi connectivity index (χ4v) is 3.16. The van der Waals surface area contributed by atoms with Crippen LogP contribution in [0.25, 0.3) is 0 Å². The smallest absolute Gasteiger partial charge is 0.162 e. The Morgan fingerprint density at radius 1 is 1.10 bits per heavy atom. The van der Waals surface area contributed by atoms with E-state index in [4.69, 9.17) is 21.1 Å². The van der Waals surface area contributed by atoms with Crippen molar-refractivity contribution in [3.05, 3.63) is 47.0 Å². The fourth-order valence-electron chi connectivity index (χ4n) is 2.02. The molecule has 0 N–H and O–H groups in total. The lowest BCUT2D eigenvalue weighted by Gasteiger charge is -2.18. The van der Waals surface area contributed by atoms with Crippen LogP contribution in [0.1, 0.15) is 17.3 Å². The molecule has 108 valence electrons. The van der Waals surface area contributed by atoms with E-state index in [9.17, 15) is 4.79 Å². The van der Waals surface area contributed by atoms with Crippen molar-refractivity contribution in [2.45, 2.75) is 16.7 Å². The molecule has 0 aliphatic carbocycles. The lowest BCUT2D eigenvalue weighted by molar-refractivity contribution is 0.101. The van der Waals surface area contributed by atoms with E-state index < -0.39 is 0 Å². The summed E-state index contributed by atoms with van der Waals surface area (Å²) >= 11 is 7.77. The standard InChI is InChI=1S/C16H13ClO3S/c1-10(18)11-2-5-16(13(17)8-11)21-12-3-4-14-15(9-12)20-7-6-19-14/h2-5,8-9H,6-7H2,1H3. The molecule has 2 aromatic rings. The average Bonchev–Trinajstić information content (AvgIpc) is 2.49. The predicted molar refractivity (Wildman–Crippen MR) is 83.0 cm³/mol. The molecule has 0 saturated carbocycles. The van der Waals surface area contributed by atoms with E-state index in [-0.39, 0.29) is 5.78 Å². The molecule has 2 aromatic carbocycles. The monoisotopic (exact) mass is 320 g/mol. The van der Waals surface area contributed by atoms with Crippen LogP contribution in [0.5, 0.6) is 11.5 Å². The zero-order valence-electron chi connectivity index (χ0n) is 11.4. The summed E-state index contributed by atoms with van der Waals surface area (Å²) in [6, 6.07) is 11.1. The van der Waals surface area contributed by atoms with Crippen LogP contribution >= 0.6 is 23.4 Å². The van der Waals surface area contributed by atoms with Crippen molar-refractivity contribution in [3.8, 4) is 11.5 Å². The second-order valence-electron chi connectivity index (χ2n) is 4.61. The topological polar surface area (TPSA) is 35.5 Å². The number of hydrogen-bond donors (Lipinski definition) is 0. The minimum Gasteiger partial charge on any atom is -0.486 e. The third-order valence-electron chi connectivity index (χ3n) is 3.08. The van der Waals surface area contributed by atoms with Gasteiger partial charge in [-0.25, -0.2) is 0 Å². The third-order valence-corrected chi connectivity index (χ3v) is 4.57. The number of fused-ring (bicyclic) bond motifs is 1. The van der Waals surface area contributed by atoms with Crippen LogP contribution in [0.15, 0.2) is 46.2 Å². The summed E-state index contributed by atoms with van der Waals surface area (Å²) in [5, 5.41) is 0.572. The molecule has 1 aliphatic heterocycles. The Morgan fingerprint density at radius 3 is 2.57 bits per heavy atom. The molecular weight excluding hydrogens is 308 g/mol. The van der Waals surface area contributed by atoms with Crippen molar-refractivity contribution in [1.82, 2.24) is 0 Å². The van der Waals surface area contributed by atoms with Crippen LogP contribution in [0.3, 0.4) is 0 Å². The number of ketones is 1. The van der Waals surface area contributed by atoms with Crippen molar-refractivity contribution in [2.75, 3.05) is 13.2 Å². The van der Waals surface area contributed by atoms with Gasteiger partial charge in [-0.3, -0.25) is 4.79 Å². The van der Waals surface area contributed by atoms with E-state index in [0.29, 0.717) is 23.8 Å². The van der Waals surface area contributed by atoms with Gasteiger partial charge in [-0.2, -0.15) is 0 Å². The van der Waals surface area contributed by atoms with Crippen LogP contribution in [-0.4, -0.2) is 19.0 Å². The number of rotatable bonds is 3. The molecule has 5 heteroatoms. The largest absolute Gasteiger partial charge is 0.486 e. The molecule has 0 aromatic heterocycles. The number of Topliss-reactive ketones (excluding diaryl/α,β-unsaturated/α-hetero) is 1. The van der Waals surface area contributed by atoms with Crippen LogP contribution in [0.2, 0.25) is 5.02 Å². The molecule has 1 aliphatic rings. The summed E-state index contributed by atoms with van der Waals surface area (Å²) in [5.74, 6) is 1.53. The van der Waals surface area contributed by atoms with Crippen molar-refractivity contribution < 1.29 is 14.3 Å². The maximum absolute atomic E-state index is 11.3. The Labute approximate surface area is 132 Å². The lowest BCUT2D eigenvalue weighted by atomic mass is 10.1. The summed E-state index contributed by atoms with van der Waals surface area (Å²) in [4.78, 5) is 13.2. The molecule has 0 amide bonds. The molecule has 0 fully saturated rings. The van der Waals surface area contributed by atoms with E-state index in [0.717, 1.165) is 21.3 Å². The molecule has 3 rings (SSSR count). The quantitative estimate of drug-likeness (QED) is 0.782. The van der Waals surface area contributed by atoms with Crippen LogP contribution in [0, 0.1) is 0 Å². The van der Waals surface area contributed by atoms with E-state index in [1.807, 2.05) is 24.3 Å². The third kappa shape index (κ3) is 3.17. The van der Waals surface area contributed by atoms with Crippen molar-refractivity contribution in [3.63, 3.8) is 0 Å². The molecule has 0 unspecified atom stereocenters. The van der Waals surface area contributed by atoms with E-state index in [1.54, 1.807) is 12.1 Å². The Morgan fingerprint density at radius 2 is 1.86 bits per heavy atom. The SMILES string of the molecule is CC(=O)c1ccc(Sc2ccc3c(c2)OCCO3)c(Cl)c1. The fraction of sp³-hybridized carbons (Fsp3) is 0.188. The van der Waals surface area contributed by atoms with Crippen molar-refractivity contribution >= 4 is 29.1 Å². The highest BCUT2D eigenvalue weighted by atomic mass is 35.5. The highest BCUT2D eigenvalue weighted by Gasteiger charge is 2.13. The molecule has 0 radical (unpaired) electrons. The summed E-state index contributed by atoms with van der Waals surface area (Å²) in [6.45, 7) is 2.67. The minimum atomic E-state index is 0.00720. The normalized spacial score (nSPS) is 13.0. The summed E-state index contributed by atoms with van der Waals surface area (Å²) in [5.41, 5.74) is 0.617. The Kier molecular flexibility index (Phi) is 4.08. The first-order valence-corrected chi connectivity index (χ1v) is 7.71. The number of hydrogen-bond acceptors (Lipinski definition) is 4. The van der Waals surface area contributed by atoms with Gasteiger partial charge in [0.15, 0.2) is 17.3 Å². The van der Waals surface area contributed by atoms with E-state index in [1.165, 1.54) is 18.7 Å². The average molecular weight is 321 g/mol. The summed E-state index contributed by atoms with van der Waals surface area (Å²) < 4.78 is 11.1. The maximum atomic E-state index is 11.3. The first kappa shape index (κ1) is 14.3. The molecular formula is C16H13ClO3S. The van der Waals surface area contributed by atoms with Gasteiger partial charge < -0.3 is 9.47 Å². The van der Waals surface area contributed by atoms with E-state index in [2.05, 4.69) is 0 Å². The lowest BCUT2D eigenvalue weighted by Crippen LogP contribution is -2.15. The maximum Gasteiger partial charge on any atom is 0.162 e. The zero-order valence-corrected chi connectivity index (χ0v) is 13.0. The first-order valence-electron chi connectivity index (χ1n) is 6.51. The van der Waals surface area contributed by atoms with Gasteiger partial charge in [0.25, 0.3) is 0 Å². The minimum absolute atomic E-state index is 0.00720. The Bertz CT molecular complexity index is 700. The number of halogens is 1. The predicted octanol–water partition coefficient (Wildman–Crippen LogP) is 4.47. The van der Waals surface area contributed by atoms with Gasteiger partial charge in [0, 0.05) is 15.4 Å². The van der Waals surface area contributed by atoms with Gasteiger partial charge in [-0.05, 0) is 37.3 Å². The second-order valence-corrected chi connectivity index (χ2v) is 6.13. The Balaban J connectivity index is 1.85. The van der Waals surface area contributed by atoms with Crippen LogP contribution < -0.4 is 9.47 Å². The Hall–Kier alpha value is -1.65. The second kappa shape index (κ2) is 6.00. The highest BCUT2D eigenvalue weighted by molar-refractivity contribution is 7.99. The van der Waals surface area contributed by atoms with Gasteiger partial charge in [0.05, 0.1) is 5.02 Å².